The van der Waals surface area contributed by atoms with Gasteiger partial charge in [0, 0.05) is 57.9 Å². The minimum Gasteiger partial charge on any atom is -0.356 e. The molecule has 8 nitrogen and oxygen atoms in total. The maximum absolute atomic E-state index is 12.0. The lowest BCUT2D eigenvalue weighted by atomic mass is 10.3. The third-order valence-electron chi connectivity index (χ3n) is 5.07. The van der Waals surface area contributed by atoms with Crippen molar-refractivity contribution in [3.63, 3.8) is 0 Å². The Bertz CT molecular complexity index is 906. The van der Waals surface area contributed by atoms with Crippen molar-refractivity contribution in [3.8, 4) is 0 Å². The van der Waals surface area contributed by atoms with E-state index < -0.39 is 9.84 Å². The van der Waals surface area contributed by atoms with Gasteiger partial charge in [-0.1, -0.05) is 0 Å². The monoisotopic (exact) mass is 388 g/mol. The van der Waals surface area contributed by atoms with Gasteiger partial charge in [0.25, 0.3) is 0 Å². The van der Waals surface area contributed by atoms with Crippen LogP contribution in [0, 0.1) is 0 Å². The Morgan fingerprint density at radius 2 is 1.56 bits per heavy atom. The first-order valence-corrected chi connectivity index (χ1v) is 11.1. The van der Waals surface area contributed by atoms with E-state index in [1.54, 1.807) is 18.3 Å². The van der Waals surface area contributed by atoms with Crippen LogP contribution >= 0.6 is 0 Å². The number of piperazine rings is 1. The Morgan fingerprint density at radius 1 is 0.852 bits per heavy atom. The van der Waals surface area contributed by atoms with E-state index in [0.717, 1.165) is 37.9 Å². The summed E-state index contributed by atoms with van der Waals surface area (Å²) in [4.78, 5) is 20.3. The van der Waals surface area contributed by atoms with E-state index in [9.17, 15) is 8.42 Å². The number of hydrogen-bond acceptors (Lipinski definition) is 8. The highest BCUT2D eigenvalue weighted by molar-refractivity contribution is 7.90. The van der Waals surface area contributed by atoms with Crippen LogP contribution in [0.5, 0.6) is 0 Å². The minimum atomic E-state index is -3.31. The largest absolute Gasteiger partial charge is 0.356 e. The summed E-state index contributed by atoms with van der Waals surface area (Å²) in [5.41, 5.74) is 0. The third kappa shape index (κ3) is 3.83. The Morgan fingerprint density at radius 3 is 2.26 bits per heavy atom. The highest BCUT2D eigenvalue weighted by atomic mass is 32.2. The maximum atomic E-state index is 12.0. The van der Waals surface area contributed by atoms with E-state index >= 15 is 0 Å². The van der Waals surface area contributed by atoms with Crippen LogP contribution in [0.15, 0.2) is 35.5 Å². The van der Waals surface area contributed by atoms with Crippen LogP contribution in [0.2, 0.25) is 0 Å². The molecule has 2 aromatic rings. The summed E-state index contributed by atoms with van der Waals surface area (Å²) < 4.78 is 24.1. The van der Waals surface area contributed by atoms with E-state index in [-0.39, 0.29) is 4.90 Å². The number of pyridine rings is 1. The highest BCUT2D eigenvalue weighted by Gasteiger charge is 2.25. The van der Waals surface area contributed by atoms with Gasteiger partial charge in [-0.25, -0.2) is 18.4 Å². The number of aromatic nitrogens is 3. The number of anilines is 3. The molecule has 0 atom stereocenters. The molecule has 0 N–H and O–H groups in total. The summed E-state index contributed by atoms with van der Waals surface area (Å²) in [5, 5.41) is 0. The molecular weight excluding hydrogens is 364 g/mol. The van der Waals surface area contributed by atoms with Gasteiger partial charge < -0.3 is 14.7 Å². The summed E-state index contributed by atoms with van der Waals surface area (Å²) in [6.45, 7) is 4.91. The zero-order valence-electron chi connectivity index (χ0n) is 15.5. The summed E-state index contributed by atoms with van der Waals surface area (Å²) in [7, 11) is -3.31. The number of sulfone groups is 1. The van der Waals surface area contributed by atoms with Gasteiger partial charge in [-0.15, -0.1) is 0 Å². The molecule has 0 spiro atoms. The van der Waals surface area contributed by atoms with Gasteiger partial charge >= 0.3 is 0 Å². The van der Waals surface area contributed by atoms with Crippen LogP contribution in [0.1, 0.15) is 12.8 Å². The summed E-state index contributed by atoms with van der Waals surface area (Å²) in [6, 6.07) is 5.25. The van der Waals surface area contributed by atoms with Gasteiger partial charge in [0.1, 0.15) is 16.5 Å². The number of nitrogens with zero attached hydrogens (tertiary/aromatic N) is 6. The molecule has 2 aliphatic heterocycles. The second-order valence-electron chi connectivity index (χ2n) is 6.98. The fourth-order valence-electron chi connectivity index (χ4n) is 3.64. The van der Waals surface area contributed by atoms with Gasteiger partial charge in [-0.05, 0) is 31.0 Å². The molecule has 0 amide bonds. The van der Waals surface area contributed by atoms with Gasteiger partial charge in [0.15, 0.2) is 9.84 Å². The molecule has 0 bridgehead atoms. The molecule has 2 fully saturated rings. The molecule has 9 heteroatoms. The van der Waals surface area contributed by atoms with Gasteiger partial charge in [-0.2, -0.15) is 4.98 Å². The Balaban J connectivity index is 1.48. The average molecular weight is 388 g/mol. The number of hydrogen-bond donors (Lipinski definition) is 0. The standard InChI is InChI=1S/C18H24N6O2S/c1-27(25,26)15-5-4-7-19-17(15)23-11-13-24(14-12-23)18-20-8-6-16(21-18)22-9-2-3-10-22/h4-8H,2-3,9-14H2,1H3. The topological polar surface area (TPSA) is 82.5 Å². The molecule has 4 rings (SSSR count). The van der Waals surface area contributed by atoms with Crippen molar-refractivity contribution in [1.82, 2.24) is 15.0 Å². The normalized spacial score (nSPS) is 18.2. The number of rotatable bonds is 4. The molecule has 4 heterocycles. The van der Waals surface area contributed by atoms with E-state index in [0.29, 0.717) is 18.9 Å². The Hall–Kier alpha value is -2.42. The maximum Gasteiger partial charge on any atom is 0.227 e. The lowest BCUT2D eigenvalue weighted by Gasteiger charge is -2.36. The molecule has 144 valence electrons. The summed E-state index contributed by atoms with van der Waals surface area (Å²) in [6.07, 6.45) is 7.11. The minimum absolute atomic E-state index is 0.283. The fraction of sp³-hybridized carbons (Fsp3) is 0.500. The van der Waals surface area contributed by atoms with Crippen LogP contribution in [-0.2, 0) is 9.84 Å². The van der Waals surface area contributed by atoms with Crippen LogP contribution in [0.4, 0.5) is 17.6 Å². The zero-order chi connectivity index (χ0) is 18.9. The fourth-order valence-corrected chi connectivity index (χ4v) is 4.48. The second-order valence-corrected chi connectivity index (χ2v) is 8.96. The highest BCUT2D eigenvalue weighted by Crippen LogP contribution is 2.25. The van der Waals surface area contributed by atoms with Crippen LogP contribution in [0.25, 0.3) is 0 Å². The van der Waals surface area contributed by atoms with E-state index in [4.69, 9.17) is 4.98 Å². The van der Waals surface area contributed by atoms with Gasteiger partial charge in [-0.3, -0.25) is 0 Å². The average Bonchev–Trinajstić information content (AvgIpc) is 3.23. The van der Waals surface area contributed by atoms with Crippen molar-refractivity contribution < 1.29 is 8.42 Å². The Labute approximate surface area is 159 Å². The first-order chi connectivity index (χ1) is 13.0. The molecule has 27 heavy (non-hydrogen) atoms. The molecule has 0 saturated carbocycles. The zero-order valence-corrected chi connectivity index (χ0v) is 16.3. The van der Waals surface area contributed by atoms with Crippen LogP contribution < -0.4 is 14.7 Å². The first kappa shape index (κ1) is 18.0. The lowest BCUT2D eigenvalue weighted by molar-refractivity contribution is 0.597. The SMILES string of the molecule is CS(=O)(=O)c1cccnc1N1CCN(c2nccc(N3CCCC3)n2)CC1. The molecule has 2 aliphatic rings. The molecule has 0 aliphatic carbocycles. The van der Waals surface area contributed by atoms with Crippen molar-refractivity contribution in [2.75, 3.05) is 60.2 Å². The predicted octanol–water partition coefficient (Wildman–Crippen LogP) is 1.20. The first-order valence-electron chi connectivity index (χ1n) is 9.25. The smallest absolute Gasteiger partial charge is 0.227 e. The van der Waals surface area contributed by atoms with Crippen molar-refractivity contribution >= 4 is 27.4 Å². The summed E-state index contributed by atoms with van der Waals surface area (Å²) in [5.74, 6) is 2.26. The lowest BCUT2D eigenvalue weighted by Crippen LogP contribution is -2.47. The molecule has 2 saturated heterocycles. The summed E-state index contributed by atoms with van der Waals surface area (Å²) >= 11 is 0. The Kier molecular flexibility index (Phi) is 4.86. The predicted molar refractivity (Wildman–Crippen MR) is 105 cm³/mol. The third-order valence-corrected chi connectivity index (χ3v) is 6.19. The van der Waals surface area contributed by atoms with Gasteiger partial charge in [0.2, 0.25) is 5.95 Å². The van der Waals surface area contributed by atoms with E-state index in [2.05, 4.69) is 19.8 Å². The van der Waals surface area contributed by atoms with Crippen molar-refractivity contribution in [2.45, 2.75) is 17.7 Å². The molecule has 0 unspecified atom stereocenters. The van der Waals surface area contributed by atoms with Crippen LogP contribution in [-0.4, -0.2) is 68.9 Å². The molecular formula is C18H24N6O2S. The molecule has 0 radical (unpaired) electrons. The van der Waals surface area contributed by atoms with Crippen molar-refractivity contribution in [3.05, 3.63) is 30.6 Å². The van der Waals surface area contributed by atoms with E-state index in [1.165, 1.54) is 19.1 Å². The molecule has 2 aromatic heterocycles. The van der Waals surface area contributed by atoms with Crippen molar-refractivity contribution in [2.24, 2.45) is 0 Å². The van der Waals surface area contributed by atoms with E-state index in [1.807, 2.05) is 17.2 Å². The quantitative estimate of drug-likeness (QED) is 0.773. The molecule has 0 aromatic carbocycles. The van der Waals surface area contributed by atoms with Crippen LogP contribution in [0.3, 0.4) is 0 Å². The van der Waals surface area contributed by atoms with Crippen molar-refractivity contribution in [1.29, 1.82) is 0 Å². The van der Waals surface area contributed by atoms with Gasteiger partial charge in [0.05, 0.1) is 0 Å². The second kappa shape index (κ2) is 7.30.